The third-order valence-electron chi connectivity index (χ3n) is 1.39. The van der Waals surface area contributed by atoms with Crippen molar-refractivity contribution in [2.24, 2.45) is 5.16 Å². The summed E-state index contributed by atoms with van der Waals surface area (Å²) in [6, 6.07) is 0. The van der Waals surface area contributed by atoms with Gasteiger partial charge in [0.2, 0.25) is 0 Å². The van der Waals surface area contributed by atoms with E-state index in [1.54, 1.807) is 11.8 Å². The fourth-order valence-corrected chi connectivity index (χ4v) is 0.781. The molecule has 0 aromatic carbocycles. The SMILES string of the molecule is C[N-]C(=O)ON=C(C)C(C)SC.[Na+]. The summed E-state index contributed by atoms with van der Waals surface area (Å²) in [7, 11) is 1.37. The molecule has 0 N–H and O–H groups in total. The molecule has 0 aromatic heterocycles. The number of hydrogen-bond acceptors (Lipinski definition) is 4. The summed E-state index contributed by atoms with van der Waals surface area (Å²) in [6.07, 6.45) is 1.30. The van der Waals surface area contributed by atoms with Gasteiger partial charge in [-0.2, -0.15) is 11.8 Å². The second-order valence-electron chi connectivity index (χ2n) is 2.19. The molecule has 0 saturated heterocycles. The molecule has 0 aromatic rings. The molecule has 0 spiro atoms. The van der Waals surface area contributed by atoms with Gasteiger partial charge in [0.15, 0.2) is 0 Å². The molecule has 1 unspecified atom stereocenters. The van der Waals surface area contributed by atoms with E-state index in [0.717, 1.165) is 5.71 Å². The summed E-state index contributed by atoms with van der Waals surface area (Å²) in [4.78, 5) is 15.0. The zero-order valence-electron chi connectivity index (χ0n) is 8.70. The van der Waals surface area contributed by atoms with Crippen LogP contribution in [0.2, 0.25) is 0 Å². The van der Waals surface area contributed by atoms with Gasteiger partial charge in [0, 0.05) is 5.25 Å². The molecule has 13 heavy (non-hydrogen) atoms. The van der Waals surface area contributed by atoms with Crippen molar-refractivity contribution in [2.75, 3.05) is 13.3 Å². The molecule has 0 saturated carbocycles. The average Bonchev–Trinajstić information content (AvgIpc) is 2.11. The molecule has 0 aliphatic heterocycles. The van der Waals surface area contributed by atoms with Crippen LogP contribution in [-0.2, 0) is 4.84 Å². The first-order valence-electron chi connectivity index (χ1n) is 3.50. The van der Waals surface area contributed by atoms with Crippen LogP contribution in [-0.4, -0.2) is 30.4 Å². The van der Waals surface area contributed by atoms with Gasteiger partial charge in [-0.05, 0) is 20.1 Å². The van der Waals surface area contributed by atoms with E-state index >= 15 is 0 Å². The number of carbonyl (C=O) groups is 1. The molecule has 0 aliphatic rings. The maximum absolute atomic E-state index is 10.5. The molecule has 1 amide bonds. The van der Waals surface area contributed by atoms with Gasteiger partial charge in [-0.1, -0.05) is 5.16 Å². The normalized spacial score (nSPS) is 12.8. The van der Waals surface area contributed by atoms with Crippen LogP contribution < -0.4 is 29.6 Å². The van der Waals surface area contributed by atoms with Crippen molar-refractivity contribution < 1.29 is 39.2 Å². The predicted octanol–water partition coefficient (Wildman–Crippen LogP) is -0.742. The minimum absolute atomic E-state index is 0. The first-order valence-corrected chi connectivity index (χ1v) is 4.78. The third-order valence-corrected chi connectivity index (χ3v) is 2.44. The average molecular weight is 212 g/mol. The molecule has 0 heterocycles. The van der Waals surface area contributed by atoms with E-state index in [0.29, 0.717) is 0 Å². The minimum atomic E-state index is -0.664. The number of thioether (sulfide) groups is 1. The van der Waals surface area contributed by atoms with Gasteiger partial charge >= 0.3 is 29.6 Å². The Morgan fingerprint density at radius 3 is 2.54 bits per heavy atom. The predicted molar refractivity (Wildman–Crippen MR) is 51.9 cm³/mol. The van der Waals surface area contributed by atoms with Gasteiger partial charge in [-0.15, -0.1) is 7.05 Å². The monoisotopic (exact) mass is 212 g/mol. The van der Waals surface area contributed by atoms with Crippen molar-refractivity contribution in [1.29, 1.82) is 0 Å². The van der Waals surface area contributed by atoms with Crippen LogP contribution in [0, 0.1) is 0 Å². The van der Waals surface area contributed by atoms with E-state index in [1.165, 1.54) is 7.05 Å². The van der Waals surface area contributed by atoms with Crippen LogP contribution in [0.1, 0.15) is 13.8 Å². The molecule has 6 heteroatoms. The maximum atomic E-state index is 10.5. The zero-order chi connectivity index (χ0) is 9.56. The second-order valence-corrected chi connectivity index (χ2v) is 3.37. The van der Waals surface area contributed by atoms with Gasteiger partial charge in [0.1, 0.15) is 0 Å². The molecule has 0 bridgehead atoms. The molecule has 0 rings (SSSR count). The molecule has 0 radical (unpaired) electrons. The number of nitrogens with zero attached hydrogens (tertiary/aromatic N) is 2. The third kappa shape index (κ3) is 7.37. The van der Waals surface area contributed by atoms with Crippen LogP contribution in [0.4, 0.5) is 4.79 Å². The van der Waals surface area contributed by atoms with Gasteiger partial charge in [0.05, 0.1) is 5.71 Å². The molecular formula is C7H13N2NaO2S. The Labute approximate surface area is 105 Å². The van der Waals surface area contributed by atoms with Crippen LogP contribution >= 0.6 is 11.8 Å². The van der Waals surface area contributed by atoms with Crippen molar-refractivity contribution in [1.82, 2.24) is 0 Å². The summed E-state index contributed by atoms with van der Waals surface area (Å²) >= 11 is 1.64. The van der Waals surface area contributed by atoms with E-state index in [2.05, 4.69) is 15.3 Å². The fourth-order valence-electron chi connectivity index (χ4n) is 0.397. The molecule has 0 fully saturated rings. The summed E-state index contributed by atoms with van der Waals surface area (Å²) in [6.45, 7) is 3.80. The number of rotatable bonds is 3. The molecule has 0 aliphatic carbocycles. The van der Waals surface area contributed by atoms with E-state index in [9.17, 15) is 4.79 Å². The minimum Gasteiger partial charge on any atom is -0.617 e. The standard InChI is InChI=1S/C7H14N2O2S.Na/c1-5(6(2)12-4)9-11-7(10)8-3;/h6H,1-4H3,(H,8,10);/q;+1/p-1. The quantitative estimate of drug-likeness (QED) is 0.268. The Balaban J connectivity index is 0. The largest absolute Gasteiger partial charge is 1.00 e. The van der Waals surface area contributed by atoms with Crippen molar-refractivity contribution in [3.05, 3.63) is 5.32 Å². The van der Waals surface area contributed by atoms with Crippen molar-refractivity contribution in [3.8, 4) is 0 Å². The Morgan fingerprint density at radius 1 is 1.62 bits per heavy atom. The van der Waals surface area contributed by atoms with Crippen LogP contribution in [0.3, 0.4) is 0 Å². The van der Waals surface area contributed by atoms with E-state index < -0.39 is 6.09 Å². The molecule has 1 atom stereocenters. The molecule has 4 nitrogen and oxygen atoms in total. The number of carbonyl (C=O) groups excluding carboxylic acids is 1. The van der Waals surface area contributed by atoms with Gasteiger partial charge in [0.25, 0.3) is 6.09 Å². The second kappa shape index (κ2) is 8.87. The summed E-state index contributed by atoms with van der Waals surface area (Å²) < 4.78 is 0. The maximum Gasteiger partial charge on any atom is 1.00 e. The van der Waals surface area contributed by atoms with Gasteiger partial charge in [-0.25, -0.2) is 0 Å². The zero-order valence-corrected chi connectivity index (χ0v) is 11.5. The Morgan fingerprint density at radius 2 is 2.15 bits per heavy atom. The van der Waals surface area contributed by atoms with Crippen molar-refractivity contribution in [2.45, 2.75) is 19.1 Å². The van der Waals surface area contributed by atoms with Crippen LogP contribution in [0.25, 0.3) is 5.32 Å². The summed E-state index contributed by atoms with van der Waals surface area (Å²) in [5, 5.41) is 7.15. The fraction of sp³-hybridized carbons (Fsp3) is 0.714. The van der Waals surface area contributed by atoms with Crippen LogP contribution in [0.15, 0.2) is 5.16 Å². The molecular weight excluding hydrogens is 199 g/mol. The van der Waals surface area contributed by atoms with Gasteiger partial charge in [-0.3, -0.25) is 4.79 Å². The smallest absolute Gasteiger partial charge is 0.617 e. The number of hydrogen-bond donors (Lipinski definition) is 0. The Bertz CT molecular complexity index is 187. The Hall–Kier alpha value is 0.290. The number of amides is 1. The van der Waals surface area contributed by atoms with Crippen LogP contribution in [0.5, 0.6) is 0 Å². The topological polar surface area (TPSA) is 52.8 Å². The van der Waals surface area contributed by atoms with Gasteiger partial charge < -0.3 is 10.2 Å². The summed E-state index contributed by atoms with van der Waals surface area (Å²) in [5.74, 6) is 0. The first kappa shape index (κ1) is 15.7. The first-order chi connectivity index (χ1) is 5.61. The number of oxime groups is 1. The van der Waals surface area contributed by atoms with Crippen molar-refractivity contribution in [3.63, 3.8) is 0 Å². The van der Waals surface area contributed by atoms with E-state index in [-0.39, 0.29) is 34.8 Å². The Kier molecular flexibility index (Phi) is 10.7. The van der Waals surface area contributed by atoms with E-state index in [4.69, 9.17) is 0 Å². The molecule has 70 valence electrons. The summed E-state index contributed by atoms with van der Waals surface area (Å²) in [5.41, 5.74) is 0.777. The van der Waals surface area contributed by atoms with Crippen molar-refractivity contribution >= 4 is 23.6 Å². The van der Waals surface area contributed by atoms with E-state index in [1.807, 2.05) is 20.1 Å².